The van der Waals surface area contributed by atoms with Gasteiger partial charge in [-0.1, -0.05) is 5.22 Å². The van der Waals surface area contributed by atoms with Crippen molar-refractivity contribution in [1.82, 2.24) is 5.01 Å². The molecule has 0 heterocycles. The van der Waals surface area contributed by atoms with Crippen molar-refractivity contribution in [2.24, 2.45) is 10.2 Å². The van der Waals surface area contributed by atoms with Gasteiger partial charge >= 0.3 is 0 Å². The van der Waals surface area contributed by atoms with E-state index in [1.807, 2.05) is 6.92 Å². The smallest absolute Gasteiger partial charge is 0.107 e. The lowest BCUT2D eigenvalue weighted by molar-refractivity contribution is 0.438. The molecule has 0 fully saturated rings. The summed E-state index contributed by atoms with van der Waals surface area (Å²) in [5, 5.41) is 4.56. The Hall–Kier alpha value is -0.930. The molecule has 0 aromatic carbocycles. The minimum atomic E-state index is 0.695. The number of nitrogens with one attached hydrogen (secondary N) is 1. The summed E-state index contributed by atoms with van der Waals surface area (Å²) in [4.78, 5) is 3.66. The van der Waals surface area contributed by atoms with Gasteiger partial charge in [0.2, 0.25) is 0 Å². The number of nitrogens with zero attached hydrogens (tertiary/aromatic N) is 3. The summed E-state index contributed by atoms with van der Waals surface area (Å²) in [6.07, 6.45) is 1.51. The normalized spacial score (nSPS) is 9.75. The van der Waals surface area contributed by atoms with E-state index in [2.05, 4.69) is 10.2 Å². The van der Waals surface area contributed by atoms with Crippen LogP contribution in [0.2, 0.25) is 0 Å². The predicted molar refractivity (Wildman–Crippen MR) is 31.9 cm³/mol. The predicted octanol–water partition coefficient (Wildman–Crippen LogP) is 0.912. The van der Waals surface area contributed by atoms with E-state index >= 15 is 0 Å². The van der Waals surface area contributed by atoms with E-state index in [4.69, 9.17) is 5.53 Å². The zero-order valence-corrected chi connectivity index (χ0v) is 5.13. The van der Waals surface area contributed by atoms with Crippen LogP contribution >= 0.6 is 0 Å². The molecule has 0 saturated heterocycles. The van der Waals surface area contributed by atoms with E-state index < -0.39 is 0 Å². The highest BCUT2D eigenvalue weighted by Gasteiger charge is 1.85. The van der Waals surface area contributed by atoms with Crippen LogP contribution in [0, 0.1) is 5.53 Å². The maximum atomic E-state index is 6.52. The van der Waals surface area contributed by atoms with Crippen molar-refractivity contribution in [3.8, 4) is 0 Å². The van der Waals surface area contributed by atoms with E-state index in [1.54, 1.807) is 7.05 Å². The molecule has 0 aromatic rings. The molecule has 0 radical (unpaired) electrons. The summed E-state index contributed by atoms with van der Waals surface area (Å²) in [6.45, 7) is 2.60. The maximum Gasteiger partial charge on any atom is 0.107 e. The van der Waals surface area contributed by atoms with Crippen LogP contribution in [0.4, 0.5) is 0 Å². The molecule has 8 heavy (non-hydrogen) atoms. The van der Waals surface area contributed by atoms with Crippen LogP contribution in [0.25, 0.3) is 0 Å². The summed E-state index contributed by atoms with van der Waals surface area (Å²) in [7, 11) is 1.65. The second kappa shape index (κ2) is 4.23. The molecule has 4 nitrogen and oxygen atoms in total. The van der Waals surface area contributed by atoms with Crippen molar-refractivity contribution in [3.05, 3.63) is 0 Å². The molecule has 0 unspecified atom stereocenters. The molecule has 1 N–H and O–H groups in total. The van der Waals surface area contributed by atoms with E-state index in [-0.39, 0.29) is 0 Å². The van der Waals surface area contributed by atoms with Gasteiger partial charge in [0.15, 0.2) is 0 Å². The first-order valence-corrected chi connectivity index (χ1v) is 2.41. The van der Waals surface area contributed by atoms with Crippen molar-refractivity contribution < 1.29 is 0 Å². The van der Waals surface area contributed by atoms with Gasteiger partial charge in [0, 0.05) is 13.6 Å². The van der Waals surface area contributed by atoms with Crippen LogP contribution in [0.15, 0.2) is 10.2 Å². The Labute approximate surface area is 48.7 Å². The quantitative estimate of drug-likeness (QED) is 0.252. The average Bonchev–Trinajstić information content (AvgIpc) is 1.83. The molecular formula is C4H10N4. The molecule has 0 atom stereocenters. The van der Waals surface area contributed by atoms with Gasteiger partial charge in [0.25, 0.3) is 0 Å². The number of hydrogen-bond donors (Lipinski definition) is 1. The van der Waals surface area contributed by atoms with Crippen LogP contribution in [0.5, 0.6) is 0 Å². The fourth-order valence-corrected chi connectivity index (χ4v) is 0.311. The molecule has 0 aliphatic heterocycles. The standard InChI is InChI=1S/C4H10N4/c1-3-8(7-5)4-6-2/h4-5H,3H2,1-2H3. The second-order valence-electron chi connectivity index (χ2n) is 1.23. The van der Waals surface area contributed by atoms with Crippen LogP contribution in [0.1, 0.15) is 6.92 Å². The lowest BCUT2D eigenvalue weighted by Gasteiger charge is -2.03. The third kappa shape index (κ3) is 2.28. The molecule has 0 saturated carbocycles. The summed E-state index contributed by atoms with van der Waals surface area (Å²) < 4.78 is 0. The third-order valence-electron chi connectivity index (χ3n) is 0.701. The van der Waals surface area contributed by atoms with Gasteiger partial charge in [-0.3, -0.25) is 4.99 Å². The van der Waals surface area contributed by atoms with Gasteiger partial charge in [0.05, 0.1) is 0 Å². The molecule has 0 aliphatic carbocycles. The Morgan fingerprint density at radius 2 is 2.38 bits per heavy atom. The monoisotopic (exact) mass is 114 g/mol. The minimum Gasteiger partial charge on any atom is -0.277 e. The summed E-state index contributed by atoms with van der Waals surface area (Å²) in [5.74, 6) is 0. The Kier molecular flexibility index (Phi) is 3.74. The molecule has 0 aromatic heterocycles. The first-order valence-electron chi connectivity index (χ1n) is 2.41. The number of rotatable bonds is 3. The van der Waals surface area contributed by atoms with Crippen molar-refractivity contribution in [2.75, 3.05) is 13.6 Å². The molecule has 0 spiro atoms. The molecule has 46 valence electrons. The van der Waals surface area contributed by atoms with Gasteiger partial charge in [-0.05, 0) is 6.92 Å². The van der Waals surface area contributed by atoms with Gasteiger partial charge in [-0.25, -0.2) is 5.01 Å². The van der Waals surface area contributed by atoms with E-state index in [0.29, 0.717) is 6.54 Å². The maximum absolute atomic E-state index is 6.52. The first kappa shape index (κ1) is 7.07. The van der Waals surface area contributed by atoms with E-state index in [9.17, 15) is 0 Å². The van der Waals surface area contributed by atoms with Crippen LogP contribution in [-0.2, 0) is 0 Å². The minimum absolute atomic E-state index is 0.695. The second-order valence-corrected chi connectivity index (χ2v) is 1.23. The lowest BCUT2D eigenvalue weighted by Crippen LogP contribution is -2.12. The molecule has 0 aliphatic rings. The van der Waals surface area contributed by atoms with E-state index in [1.165, 1.54) is 11.3 Å². The topological polar surface area (TPSA) is 51.8 Å². The van der Waals surface area contributed by atoms with E-state index in [0.717, 1.165) is 0 Å². The zero-order chi connectivity index (χ0) is 6.41. The highest BCUT2D eigenvalue weighted by atomic mass is 15.5. The molecule has 4 heteroatoms. The molecule has 0 amide bonds. The highest BCUT2D eigenvalue weighted by Crippen LogP contribution is 1.79. The molecule has 0 bridgehead atoms. The first-order chi connectivity index (χ1) is 3.85. The van der Waals surface area contributed by atoms with Crippen molar-refractivity contribution in [3.63, 3.8) is 0 Å². The van der Waals surface area contributed by atoms with Crippen LogP contribution in [-0.4, -0.2) is 24.9 Å². The lowest BCUT2D eigenvalue weighted by atomic mass is 10.7. The number of aliphatic imine (C=N–C) groups is 1. The Morgan fingerprint density at radius 1 is 1.75 bits per heavy atom. The molecule has 0 rings (SSSR count). The zero-order valence-electron chi connectivity index (χ0n) is 5.13. The highest BCUT2D eigenvalue weighted by molar-refractivity contribution is 5.53. The largest absolute Gasteiger partial charge is 0.277 e. The Balaban J connectivity index is 3.52. The van der Waals surface area contributed by atoms with Crippen LogP contribution < -0.4 is 0 Å². The van der Waals surface area contributed by atoms with Crippen molar-refractivity contribution in [1.29, 1.82) is 5.53 Å². The Bertz CT molecular complexity index is 88.0. The SMILES string of the molecule is CCN(C=NC)N=N. The van der Waals surface area contributed by atoms with Crippen molar-refractivity contribution >= 4 is 6.34 Å². The summed E-state index contributed by atoms with van der Waals surface area (Å²) in [6, 6.07) is 0. The van der Waals surface area contributed by atoms with Crippen LogP contribution in [0.3, 0.4) is 0 Å². The summed E-state index contributed by atoms with van der Waals surface area (Å²) >= 11 is 0. The van der Waals surface area contributed by atoms with Gasteiger partial charge in [-0.2, -0.15) is 5.53 Å². The number of hydrogen-bond acceptors (Lipinski definition) is 3. The van der Waals surface area contributed by atoms with Gasteiger partial charge in [-0.15, -0.1) is 0 Å². The fourth-order valence-electron chi connectivity index (χ4n) is 0.311. The van der Waals surface area contributed by atoms with Gasteiger partial charge in [0.1, 0.15) is 6.34 Å². The Morgan fingerprint density at radius 3 is 2.50 bits per heavy atom. The van der Waals surface area contributed by atoms with Crippen molar-refractivity contribution in [2.45, 2.75) is 6.92 Å². The average molecular weight is 114 g/mol. The molecular weight excluding hydrogens is 104 g/mol. The third-order valence-corrected chi connectivity index (χ3v) is 0.701. The fraction of sp³-hybridized carbons (Fsp3) is 0.750. The summed E-state index contributed by atoms with van der Waals surface area (Å²) in [5.41, 5.74) is 6.52. The van der Waals surface area contributed by atoms with Gasteiger partial charge < -0.3 is 0 Å².